The van der Waals surface area contributed by atoms with E-state index in [0.29, 0.717) is 0 Å². The van der Waals surface area contributed by atoms with Crippen molar-refractivity contribution in [3.05, 3.63) is 29.8 Å². The molecule has 0 amide bonds. The van der Waals surface area contributed by atoms with Crippen LogP contribution in [-0.2, 0) is 11.0 Å². The molecular formula is C16H26O2P+. The Bertz CT molecular complexity index is 352. The van der Waals surface area contributed by atoms with E-state index >= 15 is 0 Å². The topological polar surface area (TPSA) is 26.3 Å². The van der Waals surface area contributed by atoms with Gasteiger partial charge in [0.25, 0.3) is 0 Å². The van der Waals surface area contributed by atoms with Gasteiger partial charge in [0.05, 0.1) is 0 Å². The minimum Gasteiger partial charge on any atom is -0.256 e. The van der Waals surface area contributed by atoms with Gasteiger partial charge in [-0.05, 0) is 23.5 Å². The van der Waals surface area contributed by atoms with Crippen LogP contribution in [0, 0.1) is 0 Å². The summed E-state index contributed by atoms with van der Waals surface area (Å²) in [7, 11) is -0.713. The first-order chi connectivity index (χ1) is 9.38. The van der Waals surface area contributed by atoms with Crippen molar-refractivity contribution in [1.82, 2.24) is 0 Å². The van der Waals surface area contributed by atoms with E-state index in [-0.39, 0.29) is 0 Å². The molecule has 0 aliphatic rings. The molecule has 0 saturated heterocycles. The molecule has 1 rings (SSSR count). The predicted molar refractivity (Wildman–Crippen MR) is 82.4 cm³/mol. The van der Waals surface area contributed by atoms with Crippen molar-refractivity contribution in [3.8, 4) is 5.75 Å². The predicted octanol–water partition coefficient (Wildman–Crippen LogP) is 5.69. The monoisotopic (exact) mass is 281 g/mol. The molecule has 106 valence electrons. The Morgan fingerprint density at radius 3 is 2.26 bits per heavy atom. The van der Waals surface area contributed by atoms with Crippen molar-refractivity contribution in [2.75, 3.05) is 0 Å². The quantitative estimate of drug-likeness (QED) is 0.385. The minimum absolute atomic E-state index is 0.713. The van der Waals surface area contributed by atoms with Crippen LogP contribution in [0.2, 0.25) is 0 Å². The van der Waals surface area contributed by atoms with Crippen LogP contribution in [0.5, 0.6) is 5.75 Å². The first kappa shape index (κ1) is 16.2. The van der Waals surface area contributed by atoms with Crippen LogP contribution in [0.25, 0.3) is 0 Å². The van der Waals surface area contributed by atoms with Gasteiger partial charge in [-0.2, -0.15) is 0 Å². The molecule has 2 nitrogen and oxygen atoms in total. The van der Waals surface area contributed by atoms with Crippen LogP contribution in [0.1, 0.15) is 63.9 Å². The average Bonchev–Trinajstić information content (AvgIpc) is 2.44. The molecule has 0 aliphatic carbocycles. The zero-order chi connectivity index (χ0) is 13.8. The van der Waals surface area contributed by atoms with Gasteiger partial charge in [0.15, 0.2) is 5.75 Å². The maximum absolute atomic E-state index is 10.6. The van der Waals surface area contributed by atoms with Gasteiger partial charge in [-0.15, -0.1) is 0 Å². The van der Waals surface area contributed by atoms with Crippen molar-refractivity contribution >= 4 is 8.69 Å². The van der Waals surface area contributed by atoms with E-state index in [1.165, 1.54) is 56.9 Å². The highest BCUT2D eigenvalue weighted by Gasteiger charge is 2.05. The molecule has 0 spiro atoms. The van der Waals surface area contributed by atoms with Gasteiger partial charge < -0.3 is 0 Å². The lowest BCUT2D eigenvalue weighted by Gasteiger charge is -2.04. The highest BCUT2D eigenvalue weighted by molar-refractivity contribution is 7.17. The summed E-state index contributed by atoms with van der Waals surface area (Å²) < 4.78 is 15.7. The summed E-state index contributed by atoms with van der Waals surface area (Å²) in [5.74, 6) is 0.777. The van der Waals surface area contributed by atoms with E-state index in [4.69, 9.17) is 4.52 Å². The Balaban J connectivity index is 2.13. The third-order valence-corrected chi connectivity index (χ3v) is 3.73. The summed E-state index contributed by atoms with van der Waals surface area (Å²) in [6.45, 7) is 2.25. The normalized spacial score (nSPS) is 10.8. The lowest BCUT2D eigenvalue weighted by molar-refractivity contribution is 0.519. The highest BCUT2D eigenvalue weighted by Crippen LogP contribution is 2.23. The molecule has 0 saturated carbocycles. The molecule has 0 aromatic heterocycles. The molecule has 0 N–H and O–H groups in total. The first-order valence-corrected chi connectivity index (χ1v) is 8.32. The fourth-order valence-electron chi connectivity index (χ4n) is 2.30. The lowest BCUT2D eigenvalue weighted by Crippen LogP contribution is -1.89. The number of hydrogen-bond donors (Lipinski definition) is 0. The van der Waals surface area contributed by atoms with Crippen molar-refractivity contribution in [3.63, 3.8) is 0 Å². The summed E-state index contributed by atoms with van der Waals surface area (Å²) in [6.07, 6.45) is 11.6. The number of unbranched alkanes of at least 4 members (excludes halogenated alkanes) is 7. The molecule has 0 aliphatic heterocycles. The maximum atomic E-state index is 10.6. The second-order valence-corrected chi connectivity index (χ2v) is 5.39. The van der Waals surface area contributed by atoms with Gasteiger partial charge in [0.2, 0.25) is 0 Å². The molecular weight excluding hydrogens is 255 g/mol. The van der Waals surface area contributed by atoms with E-state index in [0.717, 1.165) is 12.2 Å². The Morgan fingerprint density at radius 2 is 1.58 bits per heavy atom. The van der Waals surface area contributed by atoms with Crippen molar-refractivity contribution in [2.24, 2.45) is 0 Å². The summed E-state index contributed by atoms with van der Waals surface area (Å²) in [4.78, 5) is 0. The summed E-state index contributed by atoms with van der Waals surface area (Å²) in [5.41, 5.74) is 1.18. The molecule has 1 aromatic carbocycles. The smallest absolute Gasteiger partial charge is 0.256 e. The Morgan fingerprint density at radius 1 is 0.947 bits per heavy atom. The van der Waals surface area contributed by atoms with Crippen molar-refractivity contribution < 1.29 is 9.09 Å². The fraction of sp³-hybridized carbons (Fsp3) is 0.625. The average molecular weight is 281 g/mol. The summed E-state index contributed by atoms with van der Waals surface area (Å²) in [5, 5.41) is 0. The number of aryl methyl sites for hydroxylation is 1. The molecule has 1 atom stereocenters. The van der Waals surface area contributed by atoms with Crippen LogP contribution in [0.15, 0.2) is 24.3 Å². The molecule has 3 heteroatoms. The molecule has 1 aromatic rings. The van der Waals surface area contributed by atoms with Gasteiger partial charge in [-0.1, -0.05) is 70.1 Å². The largest absolute Gasteiger partial charge is 0.542 e. The highest BCUT2D eigenvalue weighted by atomic mass is 31.1. The standard InChI is InChI=1S/C16H26O2P/c1-2-3-4-5-6-7-8-9-12-15-13-10-11-14-16(15)18-19-17/h10-11,13-14,19H,2-9,12H2,1H3/q+1. The third kappa shape index (κ3) is 7.32. The van der Waals surface area contributed by atoms with Crippen molar-refractivity contribution in [1.29, 1.82) is 0 Å². The minimum atomic E-state index is -0.713. The number of hydrogen-bond acceptors (Lipinski definition) is 2. The molecule has 1 unspecified atom stereocenters. The molecule has 0 radical (unpaired) electrons. The van der Waals surface area contributed by atoms with Crippen LogP contribution >= 0.6 is 8.69 Å². The zero-order valence-electron chi connectivity index (χ0n) is 12.0. The van der Waals surface area contributed by atoms with Crippen LogP contribution in [0.3, 0.4) is 0 Å². The first-order valence-electron chi connectivity index (χ1n) is 7.50. The van der Waals surface area contributed by atoms with Gasteiger partial charge in [-0.3, -0.25) is 4.52 Å². The third-order valence-electron chi connectivity index (χ3n) is 3.42. The van der Waals surface area contributed by atoms with Gasteiger partial charge in [0.1, 0.15) is 0 Å². The Kier molecular flexibility index (Phi) is 9.36. The van der Waals surface area contributed by atoms with Crippen molar-refractivity contribution in [2.45, 2.75) is 64.7 Å². The Hall–Kier alpha value is -0.880. The van der Waals surface area contributed by atoms with Crippen LogP contribution < -0.4 is 4.52 Å². The second-order valence-electron chi connectivity index (χ2n) is 5.02. The van der Waals surface area contributed by atoms with Crippen LogP contribution in [-0.4, -0.2) is 0 Å². The summed E-state index contributed by atoms with van der Waals surface area (Å²) >= 11 is 0. The Labute approximate surface area is 118 Å². The van der Waals surface area contributed by atoms with E-state index < -0.39 is 8.69 Å². The SMILES string of the molecule is CCCCCCCCCCc1ccccc1O[PH+]=O. The molecule has 0 bridgehead atoms. The van der Waals surface area contributed by atoms with Crippen LogP contribution in [0.4, 0.5) is 0 Å². The molecule has 19 heavy (non-hydrogen) atoms. The number of benzene rings is 1. The van der Waals surface area contributed by atoms with E-state index in [9.17, 15) is 4.57 Å². The molecule has 0 fully saturated rings. The van der Waals surface area contributed by atoms with E-state index in [1.54, 1.807) is 0 Å². The lowest BCUT2D eigenvalue weighted by atomic mass is 10.0. The summed E-state index contributed by atoms with van der Waals surface area (Å²) in [6, 6.07) is 7.90. The number of para-hydroxylation sites is 1. The van der Waals surface area contributed by atoms with Gasteiger partial charge in [-0.25, -0.2) is 0 Å². The van der Waals surface area contributed by atoms with E-state index in [2.05, 4.69) is 13.0 Å². The maximum Gasteiger partial charge on any atom is 0.542 e. The van der Waals surface area contributed by atoms with Gasteiger partial charge >= 0.3 is 8.69 Å². The second kappa shape index (κ2) is 11.0. The number of rotatable bonds is 11. The zero-order valence-corrected chi connectivity index (χ0v) is 13.0. The molecule has 0 heterocycles. The fourth-order valence-corrected chi connectivity index (χ4v) is 2.59. The van der Waals surface area contributed by atoms with Gasteiger partial charge in [0, 0.05) is 5.56 Å². The van der Waals surface area contributed by atoms with E-state index in [1.807, 2.05) is 18.2 Å².